The van der Waals surface area contributed by atoms with E-state index < -0.39 is 0 Å². The lowest BCUT2D eigenvalue weighted by atomic mass is 9.45. The van der Waals surface area contributed by atoms with Gasteiger partial charge >= 0.3 is 0 Å². The number of hydrogen-bond acceptors (Lipinski definition) is 0. The third kappa shape index (κ3) is 3.20. The highest BCUT2D eigenvalue weighted by Gasteiger charge is 2.59. The van der Waals surface area contributed by atoms with Gasteiger partial charge in [0.1, 0.15) is 0 Å². The Bertz CT molecular complexity index is 478. The summed E-state index contributed by atoms with van der Waals surface area (Å²) in [5, 5.41) is 0. The van der Waals surface area contributed by atoms with Gasteiger partial charge in [-0.25, -0.2) is 0 Å². The standard InChI is InChI=1S/C26H46/c1-19(2)9-5-6-10-21-13-15-23-22-14-12-20-11-7-8-17-25(20,3)24(22)16-18-26(21,23)4/h19-24H,5-18H2,1-4H3/t20?,21-,22?,23?,24?,25?,26?/m0/s1. The van der Waals surface area contributed by atoms with Crippen molar-refractivity contribution >= 4 is 0 Å². The molecule has 0 saturated heterocycles. The molecule has 4 saturated carbocycles. The predicted octanol–water partition coefficient (Wildman–Crippen LogP) is 8.25. The Kier molecular flexibility index (Phi) is 5.53. The molecule has 4 fully saturated rings. The third-order valence-corrected chi connectivity index (χ3v) is 10.4. The van der Waals surface area contributed by atoms with Crippen molar-refractivity contribution in [2.45, 2.75) is 118 Å². The van der Waals surface area contributed by atoms with Crippen molar-refractivity contribution in [1.82, 2.24) is 0 Å². The second-order valence-corrected chi connectivity index (χ2v) is 11.9. The zero-order valence-corrected chi connectivity index (χ0v) is 18.4. The van der Waals surface area contributed by atoms with Crippen LogP contribution in [-0.4, -0.2) is 0 Å². The first-order valence-corrected chi connectivity index (χ1v) is 12.4. The summed E-state index contributed by atoms with van der Waals surface area (Å²) in [6.45, 7) is 10.2. The molecule has 6 unspecified atom stereocenters. The van der Waals surface area contributed by atoms with Crippen LogP contribution in [0.1, 0.15) is 118 Å². The number of rotatable bonds is 5. The summed E-state index contributed by atoms with van der Waals surface area (Å²) in [6.07, 6.45) is 21.6. The van der Waals surface area contributed by atoms with Crippen LogP contribution in [0.4, 0.5) is 0 Å². The van der Waals surface area contributed by atoms with Gasteiger partial charge in [0.25, 0.3) is 0 Å². The summed E-state index contributed by atoms with van der Waals surface area (Å²) in [5.74, 6) is 6.28. The first kappa shape index (κ1) is 19.3. The summed E-state index contributed by atoms with van der Waals surface area (Å²) < 4.78 is 0. The molecule has 0 N–H and O–H groups in total. The molecule has 4 aliphatic carbocycles. The fourth-order valence-electron chi connectivity index (χ4n) is 8.82. The van der Waals surface area contributed by atoms with E-state index in [1.54, 1.807) is 51.4 Å². The van der Waals surface area contributed by atoms with Crippen LogP contribution in [0.25, 0.3) is 0 Å². The van der Waals surface area contributed by atoms with Crippen LogP contribution < -0.4 is 0 Å². The van der Waals surface area contributed by atoms with Gasteiger partial charge in [0.05, 0.1) is 0 Å². The summed E-state index contributed by atoms with van der Waals surface area (Å²) in [7, 11) is 0. The highest BCUT2D eigenvalue weighted by atomic mass is 14.6. The first-order valence-electron chi connectivity index (χ1n) is 12.4. The van der Waals surface area contributed by atoms with Gasteiger partial charge in [0.2, 0.25) is 0 Å². The molecule has 0 heterocycles. The molecule has 0 aliphatic heterocycles. The average molecular weight is 359 g/mol. The third-order valence-electron chi connectivity index (χ3n) is 10.4. The van der Waals surface area contributed by atoms with Gasteiger partial charge in [-0.05, 0) is 104 Å². The van der Waals surface area contributed by atoms with Crippen molar-refractivity contribution < 1.29 is 0 Å². The lowest BCUT2D eigenvalue weighted by molar-refractivity contribution is -0.111. The van der Waals surface area contributed by atoms with Gasteiger partial charge in [-0.1, -0.05) is 59.8 Å². The Balaban J connectivity index is 1.43. The molecule has 0 bridgehead atoms. The quantitative estimate of drug-likeness (QED) is 0.434. The maximum atomic E-state index is 2.74. The Morgan fingerprint density at radius 1 is 0.769 bits per heavy atom. The molecule has 0 radical (unpaired) electrons. The molecular weight excluding hydrogens is 312 g/mol. The molecule has 4 aliphatic rings. The lowest BCUT2D eigenvalue weighted by Crippen LogP contribution is -2.52. The van der Waals surface area contributed by atoms with Crippen LogP contribution in [-0.2, 0) is 0 Å². The van der Waals surface area contributed by atoms with Crippen molar-refractivity contribution in [3.05, 3.63) is 0 Å². The Morgan fingerprint density at radius 3 is 2.38 bits per heavy atom. The SMILES string of the molecule is CC(C)CCCC[C@H]1CCC2C3CCC4CCCCC4(C)C3CCC21C. The van der Waals surface area contributed by atoms with Crippen LogP contribution in [0.5, 0.6) is 0 Å². The van der Waals surface area contributed by atoms with Crippen LogP contribution in [0.3, 0.4) is 0 Å². The fourth-order valence-corrected chi connectivity index (χ4v) is 8.82. The van der Waals surface area contributed by atoms with Crippen molar-refractivity contribution in [1.29, 1.82) is 0 Å². The molecule has 150 valence electrons. The van der Waals surface area contributed by atoms with Gasteiger partial charge in [-0.3, -0.25) is 0 Å². The highest BCUT2D eigenvalue weighted by molar-refractivity contribution is 5.08. The molecule has 4 rings (SSSR count). The monoisotopic (exact) mass is 358 g/mol. The van der Waals surface area contributed by atoms with E-state index in [0.717, 1.165) is 40.9 Å². The van der Waals surface area contributed by atoms with Crippen molar-refractivity contribution in [3.8, 4) is 0 Å². The molecule has 26 heavy (non-hydrogen) atoms. The minimum Gasteiger partial charge on any atom is -0.0628 e. The smallest absolute Gasteiger partial charge is 0.0266 e. The second kappa shape index (κ2) is 7.44. The van der Waals surface area contributed by atoms with Gasteiger partial charge in [0.15, 0.2) is 0 Å². The van der Waals surface area contributed by atoms with Gasteiger partial charge in [-0.15, -0.1) is 0 Å². The van der Waals surface area contributed by atoms with Crippen molar-refractivity contribution in [3.63, 3.8) is 0 Å². The molecular formula is C26H46. The van der Waals surface area contributed by atoms with E-state index in [0.29, 0.717) is 5.41 Å². The van der Waals surface area contributed by atoms with E-state index in [9.17, 15) is 0 Å². The molecule has 0 spiro atoms. The number of unbranched alkanes of at least 4 members (excludes halogenated alkanes) is 1. The van der Waals surface area contributed by atoms with Crippen LogP contribution >= 0.6 is 0 Å². The molecule has 0 aromatic carbocycles. The number of hydrogen-bond donors (Lipinski definition) is 0. The average Bonchev–Trinajstić information content (AvgIpc) is 2.94. The normalized spacial score (nSPS) is 48.1. The van der Waals surface area contributed by atoms with E-state index >= 15 is 0 Å². The summed E-state index contributed by atoms with van der Waals surface area (Å²) in [5.41, 5.74) is 1.43. The minimum absolute atomic E-state index is 0.705. The molecule has 7 atom stereocenters. The lowest BCUT2D eigenvalue weighted by Gasteiger charge is -2.60. The van der Waals surface area contributed by atoms with Crippen LogP contribution in [0.15, 0.2) is 0 Å². The summed E-state index contributed by atoms with van der Waals surface area (Å²) in [6, 6.07) is 0. The Hall–Kier alpha value is 0. The minimum atomic E-state index is 0.705. The van der Waals surface area contributed by atoms with E-state index in [2.05, 4.69) is 27.7 Å². The molecule has 0 heteroatoms. The van der Waals surface area contributed by atoms with E-state index in [1.165, 1.54) is 38.5 Å². The summed E-state index contributed by atoms with van der Waals surface area (Å²) in [4.78, 5) is 0. The summed E-state index contributed by atoms with van der Waals surface area (Å²) >= 11 is 0. The first-order chi connectivity index (χ1) is 12.4. The Labute approximate surface area is 164 Å². The highest BCUT2D eigenvalue weighted by Crippen LogP contribution is 2.67. The zero-order valence-electron chi connectivity index (χ0n) is 18.4. The maximum Gasteiger partial charge on any atom is -0.0266 e. The van der Waals surface area contributed by atoms with E-state index in [4.69, 9.17) is 0 Å². The number of fused-ring (bicyclic) bond motifs is 5. The van der Waals surface area contributed by atoms with Crippen LogP contribution in [0, 0.1) is 46.3 Å². The van der Waals surface area contributed by atoms with Crippen molar-refractivity contribution in [2.75, 3.05) is 0 Å². The van der Waals surface area contributed by atoms with Gasteiger partial charge < -0.3 is 0 Å². The van der Waals surface area contributed by atoms with E-state index in [1.807, 2.05) is 0 Å². The molecule has 0 nitrogen and oxygen atoms in total. The zero-order chi connectivity index (χ0) is 18.4. The molecule has 0 aromatic rings. The Morgan fingerprint density at radius 2 is 1.58 bits per heavy atom. The van der Waals surface area contributed by atoms with E-state index in [-0.39, 0.29) is 0 Å². The van der Waals surface area contributed by atoms with Crippen LogP contribution in [0.2, 0.25) is 0 Å². The van der Waals surface area contributed by atoms with Gasteiger partial charge in [-0.2, -0.15) is 0 Å². The fraction of sp³-hybridized carbons (Fsp3) is 1.00. The second-order valence-electron chi connectivity index (χ2n) is 11.9. The van der Waals surface area contributed by atoms with Crippen molar-refractivity contribution in [2.24, 2.45) is 46.3 Å². The molecule has 0 aromatic heterocycles. The molecule has 0 amide bonds. The van der Waals surface area contributed by atoms with Gasteiger partial charge in [0, 0.05) is 0 Å². The predicted molar refractivity (Wildman–Crippen MR) is 113 cm³/mol. The largest absolute Gasteiger partial charge is 0.0628 e. The topological polar surface area (TPSA) is 0 Å². The maximum absolute atomic E-state index is 2.74.